The van der Waals surface area contributed by atoms with E-state index in [1.54, 1.807) is 61.7 Å². The standard InChI is InChI=1S/C20H18N2O5/c1-25-15-9-10-17(26-2)16(12-15)22-19(23)13-5-7-14(8-6-13)21-20(24)18-4-3-11-27-18/h3-12H,1-2H3,(H,21,24)(H,22,23). The van der Waals surface area contributed by atoms with Crippen LogP contribution in [-0.4, -0.2) is 26.0 Å². The van der Waals surface area contributed by atoms with Crippen molar-refractivity contribution in [1.29, 1.82) is 0 Å². The molecule has 0 saturated carbocycles. The molecule has 3 aromatic rings. The Morgan fingerprint density at radius 1 is 0.889 bits per heavy atom. The zero-order valence-corrected chi connectivity index (χ0v) is 14.8. The predicted molar refractivity (Wildman–Crippen MR) is 101 cm³/mol. The third kappa shape index (κ3) is 4.27. The van der Waals surface area contributed by atoms with Gasteiger partial charge in [-0.3, -0.25) is 9.59 Å². The number of carbonyl (C=O) groups excluding carboxylic acids is 2. The molecule has 7 heteroatoms. The molecule has 2 aromatic carbocycles. The van der Waals surface area contributed by atoms with Crippen LogP contribution in [0.5, 0.6) is 11.5 Å². The molecule has 0 spiro atoms. The Labute approximate surface area is 155 Å². The quantitative estimate of drug-likeness (QED) is 0.692. The van der Waals surface area contributed by atoms with Crippen molar-refractivity contribution < 1.29 is 23.5 Å². The van der Waals surface area contributed by atoms with Crippen molar-refractivity contribution in [3.63, 3.8) is 0 Å². The minimum absolute atomic E-state index is 0.210. The monoisotopic (exact) mass is 366 g/mol. The fraction of sp³-hybridized carbons (Fsp3) is 0.100. The first-order valence-corrected chi connectivity index (χ1v) is 8.09. The third-order valence-corrected chi connectivity index (χ3v) is 3.80. The van der Waals surface area contributed by atoms with Crippen molar-refractivity contribution in [2.75, 3.05) is 24.9 Å². The van der Waals surface area contributed by atoms with E-state index in [1.165, 1.54) is 13.4 Å². The Kier molecular flexibility index (Phi) is 5.41. The van der Waals surface area contributed by atoms with Crippen molar-refractivity contribution in [2.45, 2.75) is 0 Å². The molecule has 2 N–H and O–H groups in total. The number of hydrogen-bond acceptors (Lipinski definition) is 5. The highest BCUT2D eigenvalue weighted by atomic mass is 16.5. The summed E-state index contributed by atoms with van der Waals surface area (Å²) in [5, 5.41) is 5.48. The number of nitrogens with one attached hydrogen (secondary N) is 2. The first-order chi connectivity index (χ1) is 13.1. The smallest absolute Gasteiger partial charge is 0.291 e. The van der Waals surface area contributed by atoms with Crippen molar-refractivity contribution in [3.05, 3.63) is 72.2 Å². The number of ether oxygens (including phenoxy) is 2. The lowest BCUT2D eigenvalue weighted by molar-refractivity contribution is 0.0995. The van der Waals surface area contributed by atoms with Gasteiger partial charge in [-0.15, -0.1) is 0 Å². The minimum atomic E-state index is -0.363. The van der Waals surface area contributed by atoms with Crippen LogP contribution in [0.15, 0.2) is 65.3 Å². The number of carbonyl (C=O) groups is 2. The van der Waals surface area contributed by atoms with Gasteiger partial charge in [-0.1, -0.05) is 0 Å². The van der Waals surface area contributed by atoms with E-state index in [4.69, 9.17) is 13.9 Å². The number of furan rings is 1. The number of hydrogen-bond donors (Lipinski definition) is 2. The van der Waals surface area contributed by atoms with E-state index in [2.05, 4.69) is 10.6 Å². The topological polar surface area (TPSA) is 89.8 Å². The molecule has 0 atom stereocenters. The lowest BCUT2D eigenvalue weighted by atomic mass is 10.1. The van der Waals surface area contributed by atoms with Gasteiger partial charge in [0.05, 0.1) is 26.2 Å². The van der Waals surface area contributed by atoms with Gasteiger partial charge in [0.15, 0.2) is 5.76 Å². The Balaban J connectivity index is 1.70. The molecule has 7 nitrogen and oxygen atoms in total. The van der Waals surface area contributed by atoms with Gasteiger partial charge in [0.1, 0.15) is 11.5 Å². The van der Waals surface area contributed by atoms with Gasteiger partial charge >= 0.3 is 0 Å². The van der Waals surface area contributed by atoms with Crippen LogP contribution in [0, 0.1) is 0 Å². The molecule has 0 fully saturated rings. The second kappa shape index (κ2) is 8.09. The summed E-state index contributed by atoms with van der Waals surface area (Å²) in [4.78, 5) is 24.4. The SMILES string of the molecule is COc1ccc(OC)c(NC(=O)c2ccc(NC(=O)c3ccco3)cc2)c1. The molecule has 0 radical (unpaired) electrons. The lowest BCUT2D eigenvalue weighted by Gasteiger charge is -2.12. The molecule has 138 valence electrons. The Bertz CT molecular complexity index is 934. The fourth-order valence-electron chi connectivity index (χ4n) is 2.41. The van der Waals surface area contributed by atoms with Crippen molar-refractivity contribution in [2.24, 2.45) is 0 Å². The molecule has 0 bridgehead atoms. The molecule has 27 heavy (non-hydrogen) atoms. The average Bonchev–Trinajstić information content (AvgIpc) is 3.23. The van der Waals surface area contributed by atoms with E-state index in [0.29, 0.717) is 28.4 Å². The maximum atomic E-state index is 12.5. The van der Waals surface area contributed by atoms with Crippen LogP contribution in [0.1, 0.15) is 20.9 Å². The van der Waals surface area contributed by atoms with Gasteiger partial charge in [-0.25, -0.2) is 0 Å². The summed E-state index contributed by atoms with van der Waals surface area (Å²) in [6, 6.07) is 14.8. The highest BCUT2D eigenvalue weighted by molar-refractivity contribution is 6.06. The summed E-state index contributed by atoms with van der Waals surface area (Å²) in [5.74, 6) is 0.652. The Hall–Kier alpha value is -3.74. The zero-order valence-electron chi connectivity index (χ0n) is 14.8. The summed E-state index contributed by atoms with van der Waals surface area (Å²) in [7, 11) is 3.07. The van der Waals surface area contributed by atoms with Gasteiger partial charge in [0, 0.05) is 17.3 Å². The summed E-state index contributed by atoms with van der Waals surface area (Å²) >= 11 is 0. The van der Waals surface area contributed by atoms with Gasteiger partial charge in [0.25, 0.3) is 11.8 Å². The molecule has 1 heterocycles. The first-order valence-electron chi connectivity index (χ1n) is 8.09. The molecule has 0 saturated heterocycles. The van der Waals surface area contributed by atoms with Gasteiger partial charge in [0.2, 0.25) is 0 Å². The van der Waals surface area contributed by atoms with Crippen molar-refractivity contribution in [1.82, 2.24) is 0 Å². The van der Waals surface area contributed by atoms with Crippen molar-refractivity contribution in [3.8, 4) is 11.5 Å². The number of amides is 2. The highest BCUT2D eigenvalue weighted by Gasteiger charge is 2.12. The van der Waals surface area contributed by atoms with Crippen LogP contribution >= 0.6 is 0 Å². The number of rotatable bonds is 6. The predicted octanol–water partition coefficient (Wildman–Crippen LogP) is 3.80. The largest absolute Gasteiger partial charge is 0.497 e. The first kappa shape index (κ1) is 18.1. The molecule has 0 aliphatic carbocycles. The van der Waals surface area contributed by atoms with Gasteiger partial charge in [-0.05, 0) is 48.5 Å². The molecular weight excluding hydrogens is 348 g/mol. The second-order valence-electron chi connectivity index (χ2n) is 5.53. The Morgan fingerprint density at radius 3 is 2.30 bits per heavy atom. The number of benzene rings is 2. The average molecular weight is 366 g/mol. The fourth-order valence-corrected chi connectivity index (χ4v) is 2.41. The van der Waals surface area contributed by atoms with E-state index in [9.17, 15) is 9.59 Å². The second-order valence-corrected chi connectivity index (χ2v) is 5.53. The van der Waals surface area contributed by atoms with E-state index in [-0.39, 0.29) is 17.6 Å². The van der Waals surface area contributed by atoms with E-state index in [0.717, 1.165) is 0 Å². The molecule has 1 aromatic heterocycles. The van der Waals surface area contributed by atoms with Crippen LogP contribution < -0.4 is 20.1 Å². The van der Waals surface area contributed by atoms with Crippen LogP contribution in [0.25, 0.3) is 0 Å². The van der Waals surface area contributed by atoms with E-state index < -0.39 is 0 Å². The normalized spacial score (nSPS) is 10.1. The number of methoxy groups -OCH3 is 2. The molecular formula is C20H18N2O5. The highest BCUT2D eigenvalue weighted by Crippen LogP contribution is 2.29. The number of anilines is 2. The van der Waals surface area contributed by atoms with Crippen LogP contribution in [0.3, 0.4) is 0 Å². The van der Waals surface area contributed by atoms with E-state index in [1.807, 2.05) is 0 Å². The van der Waals surface area contributed by atoms with Crippen LogP contribution in [0.2, 0.25) is 0 Å². The van der Waals surface area contributed by atoms with E-state index >= 15 is 0 Å². The maximum absolute atomic E-state index is 12.5. The molecule has 2 amide bonds. The molecule has 0 aliphatic heterocycles. The minimum Gasteiger partial charge on any atom is -0.497 e. The molecule has 3 rings (SSSR count). The third-order valence-electron chi connectivity index (χ3n) is 3.80. The van der Waals surface area contributed by atoms with Crippen LogP contribution in [-0.2, 0) is 0 Å². The summed E-state index contributed by atoms with van der Waals surface area (Å²) in [6.45, 7) is 0. The lowest BCUT2D eigenvalue weighted by Crippen LogP contribution is -2.14. The van der Waals surface area contributed by atoms with Gasteiger partial charge in [-0.2, -0.15) is 0 Å². The summed E-state index contributed by atoms with van der Waals surface area (Å²) < 4.78 is 15.5. The van der Waals surface area contributed by atoms with Crippen LogP contribution in [0.4, 0.5) is 11.4 Å². The maximum Gasteiger partial charge on any atom is 0.291 e. The molecule has 0 unspecified atom stereocenters. The summed E-state index contributed by atoms with van der Waals surface area (Å²) in [5.41, 5.74) is 1.47. The summed E-state index contributed by atoms with van der Waals surface area (Å²) in [6.07, 6.45) is 1.43. The molecule has 0 aliphatic rings. The Morgan fingerprint density at radius 2 is 1.67 bits per heavy atom. The van der Waals surface area contributed by atoms with Gasteiger partial charge < -0.3 is 24.5 Å². The van der Waals surface area contributed by atoms with Crippen molar-refractivity contribution >= 4 is 23.2 Å². The zero-order chi connectivity index (χ0) is 19.2.